The first-order chi connectivity index (χ1) is 13.5. The van der Waals surface area contributed by atoms with Crippen LogP contribution in [-0.4, -0.2) is 45.0 Å². The first-order valence-electron chi connectivity index (χ1n) is 8.92. The molecule has 0 aromatic heterocycles. The number of nitrogens with one attached hydrogen (secondary N) is 2. The lowest BCUT2D eigenvalue weighted by molar-refractivity contribution is -0.129. The van der Waals surface area contributed by atoms with Gasteiger partial charge in [-0.1, -0.05) is 24.3 Å². The predicted molar refractivity (Wildman–Crippen MR) is 116 cm³/mol. The third kappa shape index (κ3) is 7.08. The summed E-state index contributed by atoms with van der Waals surface area (Å²) in [5.41, 5.74) is 3.97. The fourth-order valence-corrected chi connectivity index (χ4v) is 3.10. The molecule has 2 N–H and O–H groups in total. The molecule has 154 valence electrons. The minimum absolute atomic E-state index is 0.0756. The second-order valence-corrected chi connectivity index (χ2v) is 8.57. The van der Waals surface area contributed by atoms with Crippen LogP contribution in [0.3, 0.4) is 0 Å². The largest absolute Gasteiger partial charge is 0.333 e. The van der Waals surface area contributed by atoms with Gasteiger partial charge in [0, 0.05) is 24.5 Å². The van der Waals surface area contributed by atoms with Gasteiger partial charge in [0.1, 0.15) is 0 Å². The van der Waals surface area contributed by atoms with E-state index in [9.17, 15) is 18.0 Å². The summed E-state index contributed by atoms with van der Waals surface area (Å²) in [4.78, 5) is 25.8. The number of rotatable bonds is 7. The summed E-state index contributed by atoms with van der Waals surface area (Å²) < 4.78 is 24.8. The molecule has 0 bridgehead atoms. The monoisotopic (exact) mass is 415 g/mol. The van der Waals surface area contributed by atoms with E-state index in [1.165, 1.54) is 11.0 Å². The molecule has 7 nitrogen and oxygen atoms in total. The fraction of sp³-hybridized carbons (Fsp3) is 0.238. The third-order valence-electron chi connectivity index (χ3n) is 4.27. The van der Waals surface area contributed by atoms with Crippen molar-refractivity contribution in [2.24, 2.45) is 0 Å². The van der Waals surface area contributed by atoms with E-state index in [-0.39, 0.29) is 18.4 Å². The van der Waals surface area contributed by atoms with Crippen molar-refractivity contribution in [3.63, 3.8) is 0 Å². The summed E-state index contributed by atoms with van der Waals surface area (Å²) in [6.45, 7) is 3.82. The van der Waals surface area contributed by atoms with E-state index in [4.69, 9.17) is 0 Å². The average Bonchev–Trinajstić information content (AvgIpc) is 2.63. The number of hydrogen-bond donors (Lipinski definition) is 2. The zero-order chi connectivity index (χ0) is 21.6. The Kier molecular flexibility index (Phi) is 7.17. The Balaban J connectivity index is 1.92. The van der Waals surface area contributed by atoms with Crippen molar-refractivity contribution < 1.29 is 18.0 Å². The molecule has 0 unspecified atom stereocenters. The van der Waals surface area contributed by atoms with Gasteiger partial charge in [-0.05, 0) is 54.8 Å². The van der Waals surface area contributed by atoms with Crippen LogP contribution >= 0.6 is 0 Å². The Labute approximate surface area is 171 Å². The van der Waals surface area contributed by atoms with E-state index in [2.05, 4.69) is 10.0 Å². The number of likely N-dealkylation sites (N-methyl/N-ethyl adjacent to an activating group) is 1. The third-order valence-corrected chi connectivity index (χ3v) is 4.87. The van der Waals surface area contributed by atoms with Crippen LogP contribution in [0.2, 0.25) is 0 Å². The number of carbonyl (C=O) groups excluding carboxylic acids is 2. The molecule has 29 heavy (non-hydrogen) atoms. The molecular formula is C21H25N3O4S. The van der Waals surface area contributed by atoms with E-state index in [1.807, 2.05) is 32.0 Å². The molecule has 0 aliphatic carbocycles. The smallest absolute Gasteiger partial charge is 0.246 e. The minimum Gasteiger partial charge on any atom is -0.333 e. The second-order valence-electron chi connectivity index (χ2n) is 6.82. The molecule has 2 aromatic carbocycles. The van der Waals surface area contributed by atoms with E-state index in [0.29, 0.717) is 5.69 Å². The lowest BCUT2D eigenvalue weighted by Crippen LogP contribution is -2.34. The molecule has 0 saturated carbocycles. The number of aryl methyl sites for hydroxylation is 1. The highest BCUT2D eigenvalue weighted by Crippen LogP contribution is 2.18. The number of hydrogen-bond acceptors (Lipinski definition) is 4. The van der Waals surface area contributed by atoms with Gasteiger partial charge < -0.3 is 10.2 Å². The van der Waals surface area contributed by atoms with Gasteiger partial charge in [0.25, 0.3) is 0 Å². The van der Waals surface area contributed by atoms with Crippen molar-refractivity contribution >= 4 is 39.3 Å². The Morgan fingerprint density at radius 2 is 1.72 bits per heavy atom. The molecule has 0 aliphatic heterocycles. The molecule has 8 heteroatoms. The van der Waals surface area contributed by atoms with Crippen molar-refractivity contribution in [2.75, 3.05) is 29.9 Å². The molecule has 0 radical (unpaired) electrons. The first-order valence-corrected chi connectivity index (χ1v) is 10.8. The van der Waals surface area contributed by atoms with Gasteiger partial charge in [0.15, 0.2) is 0 Å². The highest BCUT2D eigenvalue weighted by Gasteiger charge is 2.12. The summed E-state index contributed by atoms with van der Waals surface area (Å²) >= 11 is 0. The van der Waals surface area contributed by atoms with Gasteiger partial charge in [-0.15, -0.1) is 0 Å². The lowest BCUT2D eigenvalue weighted by Gasteiger charge is -2.16. The Morgan fingerprint density at radius 1 is 1.07 bits per heavy atom. The highest BCUT2D eigenvalue weighted by atomic mass is 32.2. The number of carbonyl (C=O) groups is 2. The normalized spacial score (nSPS) is 11.3. The first kappa shape index (κ1) is 22.2. The number of nitrogens with zero attached hydrogens (tertiary/aromatic N) is 1. The molecule has 0 aliphatic rings. The quantitative estimate of drug-likeness (QED) is 0.680. The van der Waals surface area contributed by atoms with Gasteiger partial charge >= 0.3 is 0 Å². The van der Waals surface area contributed by atoms with Crippen LogP contribution in [0.4, 0.5) is 11.4 Å². The molecule has 0 fully saturated rings. The SMILES string of the molecule is Cc1cccc(NC(=O)CN(C)C(=O)/C=C/c2ccc(NS(C)(=O)=O)cc2)c1C. The lowest BCUT2D eigenvalue weighted by atomic mass is 10.1. The molecule has 2 aromatic rings. The molecule has 0 saturated heterocycles. The summed E-state index contributed by atoms with van der Waals surface area (Å²) in [5, 5.41) is 2.82. The van der Waals surface area contributed by atoms with Gasteiger partial charge in [-0.2, -0.15) is 0 Å². The number of amides is 2. The summed E-state index contributed by atoms with van der Waals surface area (Å²) in [6, 6.07) is 12.2. The van der Waals surface area contributed by atoms with E-state index < -0.39 is 10.0 Å². The summed E-state index contributed by atoms with van der Waals surface area (Å²) in [6.07, 6.45) is 4.04. The van der Waals surface area contributed by atoms with Crippen molar-refractivity contribution in [1.82, 2.24) is 4.90 Å². The van der Waals surface area contributed by atoms with Crippen LogP contribution in [0.5, 0.6) is 0 Å². The molecule has 2 amide bonds. The maximum atomic E-state index is 12.2. The van der Waals surface area contributed by atoms with Gasteiger partial charge in [0.05, 0.1) is 12.8 Å². The van der Waals surface area contributed by atoms with Crippen molar-refractivity contribution in [2.45, 2.75) is 13.8 Å². The average molecular weight is 416 g/mol. The topological polar surface area (TPSA) is 95.6 Å². The Bertz CT molecular complexity index is 1030. The number of anilines is 2. The zero-order valence-corrected chi connectivity index (χ0v) is 17.7. The van der Waals surface area contributed by atoms with Crippen LogP contribution in [0.25, 0.3) is 6.08 Å². The molecule has 0 heterocycles. The number of benzene rings is 2. The Morgan fingerprint density at radius 3 is 2.34 bits per heavy atom. The van der Waals surface area contributed by atoms with E-state index in [0.717, 1.165) is 28.6 Å². The number of sulfonamides is 1. The van der Waals surface area contributed by atoms with Crippen LogP contribution in [0, 0.1) is 13.8 Å². The van der Waals surface area contributed by atoms with Gasteiger partial charge in [-0.25, -0.2) is 8.42 Å². The van der Waals surface area contributed by atoms with Crippen LogP contribution in [-0.2, 0) is 19.6 Å². The van der Waals surface area contributed by atoms with Crippen molar-refractivity contribution in [3.05, 3.63) is 65.2 Å². The van der Waals surface area contributed by atoms with Crippen LogP contribution in [0.1, 0.15) is 16.7 Å². The van der Waals surface area contributed by atoms with Crippen molar-refractivity contribution in [3.8, 4) is 0 Å². The summed E-state index contributed by atoms with van der Waals surface area (Å²) in [7, 11) is -1.78. The van der Waals surface area contributed by atoms with Gasteiger partial charge in [-0.3, -0.25) is 14.3 Å². The minimum atomic E-state index is -3.33. The Hall–Kier alpha value is -3.13. The van der Waals surface area contributed by atoms with Crippen molar-refractivity contribution in [1.29, 1.82) is 0 Å². The van der Waals surface area contributed by atoms with E-state index >= 15 is 0 Å². The van der Waals surface area contributed by atoms with Crippen LogP contribution < -0.4 is 10.0 Å². The zero-order valence-electron chi connectivity index (χ0n) is 16.9. The van der Waals surface area contributed by atoms with E-state index in [1.54, 1.807) is 37.4 Å². The molecule has 2 rings (SSSR count). The second kappa shape index (κ2) is 9.38. The maximum Gasteiger partial charge on any atom is 0.246 e. The molecule has 0 atom stereocenters. The molecular weight excluding hydrogens is 390 g/mol. The maximum absolute atomic E-state index is 12.2. The van der Waals surface area contributed by atoms with Crippen LogP contribution in [0.15, 0.2) is 48.5 Å². The highest BCUT2D eigenvalue weighted by molar-refractivity contribution is 7.92. The fourth-order valence-electron chi connectivity index (χ4n) is 2.54. The molecule has 0 spiro atoms. The standard InChI is InChI=1S/C21H25N3O4S/c1-15-6-5-7-19(16(15)2)22-20(25)14-24(3)21(26)13-10-17-8-11-18(12-9-17)23-29(4,27)28/h5-13,23H,14H2,1-4H3,(H,22,25)/b13-10+. The predicted octanol–water partition coefficient (Wildman–Crippen LogP) is 2.79. The van der Waals surface area contributed by atoms with Gasteiger partial charge in [0.2, 0.25) is 21.8 Å². The summed E-state index contributed by atoms with van der Waals surface area (Å²) in [5.74, 6) is -0.599.